The molecule has 2 N–H and O–H groups in total. The molecule has 5 rings (SSSR count). The number of ether oxygens (including phenoxy) is 2. The van der Waals surface area contributed by atoms with Crippen molar-refractivity contribution in [1.82, 2.24) is 20.0 Å². The van der Waals surface area contributed by atoms with Crippen molar-refractivity contribution >= 4 is 17.2 Å². The van der Waals surface area contributed by atoms with E-state index in [4.69, 9.17) is 20.2 Å². The number of nitrogens with zero attached hydrogens (tertiary/aromatic N) is 4. The maximum absolute atomic E-state index is 6.39. The van der Waals surface area contributed by atoms with Crippen LogP contribution in [0.1, 0.15) is 6.92 Å². The highest BCUT2D eigenvalue weighted by Crippen LogP contribution is 2.32. The Balaban J connectivity index is 1.35. The second-order valence-corrected chi connectivity index (χ2v) is 8.00. The fourth-order valence-electron chi connectivity index (χ4n) is 3.32. The Morgan fingerprint density at radius 2 is 1.58 bits per heavy atom. The van der Waals surface area contributed by atoms with Crippen LogP contribution in [-0.4, -0.2) is 26.6 Å². The lowest BCUT2D eigenvalue weighted by Gasteiger charge is -2.07. The van der Waals surface area contributed by atoms with Crippen LogP contribution in [0, 0.1) is 0 Å². The average Bonchev–Trinajstić information content (AvgIpc) is 3.48. The summed E-state index contributed by atoms with van der Waals surface area (Å²) < 4.78 is 12.9. The van der Waals surface area contributed by atoms with E-state index in [2.05, 4.69) is 10.3 Å². The first kappa shape index (κ1) is 20.7. The molecule has 0 amide bonds. The van der Waals surface area contributed by atoms with Crippen molar-refractivity contribution in [1.29, 1.82) is 0 Å². The minimum atomic E-state index is 0.430. The number of para-hydroxylation sites is 1. The molecule has 0 bridgehead atoms. The lowest BCUT2D eigenvalue weighted by Crippen LogP contribution is -2.02. The summed E-state index contributed by atoms with van der Waals surface area (Å²) in [5.74, 6) is 2.77. The van der Waals surface area contributed by atoms with Crippen LogP contribution in [0.2, 0.25) is 0 Å². The van der Waals surface area contributed by atoms with E-state index >= 15 is 0 Å². The van der Waals surface area contributed by atoms with Crippen LogP contribution < -0.4 is 15.2 Å². The van der Waals surface area contributed by atoms with E-state index in [0.29, 0.717) is 23.1 Å². The summed E-state index contributed by atoms with van der Waals surface area (Å²) in [5, 5.41) is 11.2. The molecule has 2 heterocycles. The number of nitrogen functional groups attached to an aromatic ring is 1. The number of rotatable bonds is 7. The lowest BCUT2D eigenvalue weighted by molar-refractivity contribution is 0.340. The van der Waals surface area contributed by atoms with Gasteiger partial charge >= 0.3 is 0 Å². The van der Waals surface area contributed by atoms with E-state index in [-0.39, 0.29) is 0 Å². The Morgan fingerprint density at radius 1 is 0.879 bits per heavy atom. The van der Waals surface area contributed by atoms with Gasteiger partial charge in [0.15, 0.2) is 11.5 Å². The summed E-state index contributed by atoms with van der Waals surface area (Å²) in [6.45, 7) is 2.60. The summed E-state index contributed by atoms with van der Waals surface area (Å²) in [7, 11) is 0. The quantitative estimate of drug-likeness (QED) is 0.332. The molecule has 7 nitrogen and oxygen atoms in total. The molecule has 0 saturated heterocycles. The molecule has 8 heteroatoms. The Morgan fingerprint density at radius 3 is 2.30 bits per heavy atom. The highest BCUT2D eigenvalue weighted by atomic mass is 32.1. The molecular weight excluding hydrogens is 434 g/mol. The van der Waals surface area contributed by atoms with E-state index in [9.17, 15) is 0 Å². The standard InChI is InChI=1S/C25H21N5O2S/c1-2-31-19-12-8-17(9-13-19)22-16-33-25(27-22)23-24(26)30(29-28-23)18-10-14-21(15-11-18)32-20-6-4-3-5-7-20/h3-16H,2,26H2,1H3. The van der Waals surface area contributed by atoms with Crippen LogP contribution >= 0.6 is 11.3 Å². The molecule has 5 aromatic rings. The van der Waals surface area contributed by atoms with E-state index in [0.717, 1.165) is 34.2 Å². The van der Waals surface area contributed by atoms with Gasteiger partial charge < -0.3 is 15.2 Å². The van der Waals surface area contributed by atoms with E-state index in [1.54, 1.807) is 4.68 Å². The van der Waals surface area contributed by atoms with Crippen LogP contribution in [0.15, 0.2) is 84.2 Å². The van der Waals surface area contributed by atoms with Crippen LogP contribution in [0.3, 0.4) is 0 Å². The highest BCUT2D eigenvalue weighted by Gasteiger charge is 2.17. The fourth-order valence-corrected chi connectivity index (χ4v) is 4.14. The number of aromatic nitrogens is 4. The number of hydrogen-bond donors (Lipinski definition) is 1. The Hall–Kier alpha value is -4.17. The van der Waals surface area contributed by atoms with Gasteiger partial charge in [-0.25, -0.2) is 4.98 Å². The van der Waals surface area contributed by atoms with Crippen LogP contribution in [0.5, 0.6) is 17.2 Å². The number of anilines is 1. The summed E-state index contributed by atoms with van der Waals surface area (Å²) >= 11 is 1.48. The number of benzene rings is 3. The van der Waals surface area contributed by atoms with Gasteiger partial charge in [-0.3, -0.25) is 0 Å². The summed E-state index contributed by atoms with van der Waals surface area (Å²) in [4.78, 5) is 4.72. The van der Waals surface area contributed by atoms with Crippen molar-refractivity contribution in [2.75, 3.05) is 12.3 Å². The zero-order valence-electron chi connectivity index (χ0n) is 17.9. The first-order chi connectivity index (χ1) is 16.2. The molecule has 0 saturated carbocycles. The average molecular weight is 456 g/mol. The second kappa shape index (κ2) is 9.13. The van der Waals surface area contributed by atoms with Gasteiger partial charge in [0.05, 0.1) is 18.0 Å². The maximum Gasteiger partial charge on any atom is 0.165 e. The maximum atomic E-state index is 6.39. The van der Waals surface area contributed by atoms with Gasteiger partial charge in [0.2, 0.25) is 0 Å². The third kappa shape index (κ3) is 4.42. The van der Waals surface area contributed by atoms with Crippen molar-refractivity contribution in [2.24, 2.45) is 0 Å². The van der Waals surface area contributed by atoms with Crippen molar-refractivity contribution in [3.8, 4) is 44.9 Å². The topological polar surface area (TPSA) is 88.1 Å². The molecule has 0 aliphatic rings. The zero-order valence-corrected chi connectivity index (χ0v) is 18.7. The smallest absolute Gasteiger partial charge is 0.165 e. The number of thiazole rings is 1. The van der Waals surface area contributed by atoms with E-state index in [1.165, 1.54) is 11.3 Å². The highest BCUT2D eigenvalue weighted by molar-refractivity contribution is 7.13. The lowest BCUT2D eigenvalue weighted by atomic mass is 10.2. The molecule has 0 fully saturated rings. The van der Waals surface area contributed by atoms with Crippen LogP contribution in [0.25, 0.3) is 27.6 Å². The van der Waals surface area contributed by atoms with Crippen LogP contribution in [0.4, 0.5) is 5.82 Å². The molecule has 0 aliphatic carbocycles. The normalized spacial score (nSPS) is 10.8. The molecule has 0 unspecified atom stereocenters. The molecule has 2 aromatic heterocycles. The largest absolute Gasteiger partial charge is 0.494 e. The third-order valence-electron chi connectivity index (χ3n) is 4.93. The molecule has 164 valence electrons. The Labute approximate surface area is 195 Å². The first-order valence-electron chi connectivity index (χ1n) is 10.4. The van der Waals surface area contributed by atoms with E-state index in [1.807, 2.05) is 91.2 Å². The monoisotopic (exact) mass is 455 g/mol. The minimum absolute atomic E-state index is 0.430. The van der Waals surface area contributed by atoms with Crippen LogP contribution in [-0.2, 0) is 0 Å². The molecule has 0 spiro atoms. The van der Waals surface area contributed by atoms with Crippen molar-refractivity contribution in [2.45, 2.75) is 6.92 Å². The third-order valence-corrected chi connectivity index (χ3v) is 5.78. The van der Waals surface area contributed by atoms with Gasteiger partial charge in [0.25, 0.3) is 0 Å². The molecular formula is C25H21N5O2S. The van der Waals surface area contributed by atoms with Gasteiger partial charge in [-0.1, -0.05) is 23.4 Å². The van der Waals surface area contributed by atoms with Crippen molar-refractivity contribution in [3.05, 3.63) is 84.2 Å². The van der Waals surface area contributed by atoms with Gasteiger partial charge in [0, 0.05) is 10.9 Å². The van der Waals surface area contributed by atoms with Gasteiger partial charge in [-0.05, 0) is 67.6 Å². The molecule has 0 aliphatic heterocycles. The minimum Gasteiger partial charge on any atom is -0.494 e. The second-order valence-electron chi connectivity index (χ2n) is 7.14. The summed E-state index contributed by atoms with van der Waals surface area (Å²) in [6.07, 6.45) is 0. The zero-order chi connectivity index (χ0) is 22.6. The summed E-state index contributed by atoms with van der Waals surface area (Å²) in [6, 6.07) is 25.0. The van der Waals surface area contributed by atoms with Gasteiger partial charge in [-0.2, -0.15) is 4.68 Å². The van der Waals surface area contributed by atoms with Gasteiger partial charge in [-0.15, -0.1) is 16.4 Å². The molecule has 3 aromatic carbocycles. The summed E-state index contributed by atoms with van der Waals surface area (Å²) in [5.41, 5.74) is 9.59. The first-order valence-corrected chi connectivity index (χ1v) is 11.3. The molecule has 0 atom stereocenters. The SMILES string of the molecule is CCOc1ccc(-c2csc(-c3nnn(-c4ccc(Oc5ccccc5)cc4)c3N)n2)cc1. The molecule has 0 radical (unpaired) electrons. The fraction of sp³-hybridized carbons (Fsp3) is 0.0800. The Kier molecular flexibility index (Phi) is 5.73. The van der Waals surface area contributed by atoms with Crippen molar-refractivity contribution < 1.29 is 9.47 Å². The van der Waals surface area contributed by atoms with Crippen molar-refractivity contribution in [3.63, 3.8) is 0 Å². The predicted octanol–water partition coefficient (Wildman–Crippen LogP) is 5.83. The molecule has 33 heavy (non-hydrogen) atoms. The van der Waals surface area contributed by atoms with Gasteiger partial charge in [0.1, 0.15) is 22.3 Å². The number of hydrogen-bond acceptors (Lipinski definition) is 7. The predicted molar refractivity (Wildman–Crippen MR) is 130 cm³/mol. The Bertz CT molecular complexity index is 1350. The van der Waals surface area contributed by atoms with E-state index < -0.39 is 0 Å². The number of nitrogens with two attached hydrogens (primary N) is 1.